The van der Waals surface area contributed by atoms with E-state index in [1.54, 1.807) is 42.5 Å². The molecule has 3 rings (SSSR count). The first kappa shape index (κ1) is 20.6. The topological polar surface area (TPSA) is 83.6 Å². The molecule has 1 amide bonds. The van der Waals surface area contributed by atoms with Crippen molar-refractivity contribution >= 4 is 23.4 Å². The van der Waals surface area contributed by atoms with Gasteiger partial charge in [-0.1, -0.05) is 37.7 Å². The van der Waals surface area contributed by atoms with Gasteiger partial charge in [-0.05, 0) is 42.3 Å². The number of benzene rings is 2. The largest absolute Gasteiger partial charge is 0.325 e. The maximum absolute atomic E-state index is 14.2. The monoisotopic (exact) mass is 409 g/mol. The Bertz CT molecular complexity index is 1040. The molecule has 29 heavy (non-hydrogen) atoms. The molecule has 3 aromatic rings. The van der Waals surface area contributed by atoms with Crippen LogP contribution in [-0.2, 0) is 11.3 Å². The molecule has 1 N–H and O–H groups in total. The zero-order valence-corrected chi connectivity index (χ0v) is 16.9. The zero-order valence-electron chi connectivity index (χ0n) is 16.1. The van der Waals surface area contributed by atoms with Crippen LogP contribution in [0.15, 0.2) is 53.7 Å². The van der Waals surface area contributed by atoms with Crippen molar-refractivity contribution in [2.75, 3.05) is 11.1 Å². The van der Waals surface area contributed by atoms with Crippen LogP contribution in [0.3, 0.4) is 0 Å². The fraction of sp³-hybridized carbons (Fsp3) is 0.238. The van der Waals surface area contributed by atoms with Crippen molar-refractivity contribution in [1.29, 1.82) is 5.26 Å². The molecular formula is C21H20FN5OS. The van der Waals surface area contributed by atoms with Gasteiger partial charge in [0.15, 0.2) is 11.0 Å². The summed E-state index contributed by atoms with van der Waals surface area (Å²) in [7, 11) is 0. The van der Waals surface area contributed by atoms with Crippen molar-refractivity contribution in [3.05, 3.63) is 59.9 Å². The molecular weight excluding hydrogens is 389 g/mol. The van der Waals surface area contributed by atoms with E-state index < -0.39 is 0 Å². The molecule has 6 nitrogen and oxygen atoms in total. The number of nitrogens with one attached hydrogen (secondary N) is 1. The van der Waals surface area contributed by atoms with Crippen molar-refractivity contribution in [3.8, 4) is 17.5 Å². The van der Waals surface area contributed by atoms with Crippen molar-refractivity contribution in [1.82, 2.24) is 14.8 Å². The lowest BCUT2D eigenvalue weighted by atomic mass is 10.2. The summed E-state index contributed by atoms with van der Waals surface area (Å²) < 4.78 is 16.1. The third kappa shape index (κ3) is 5.21. The summed E-state index contributed by atoms with van der Waals surface area (Å²) in [5.74, 6) is 0.314. The Morgan fingerprint density at radius 1 is 1.21 bits per heavy atom. The number of nitriles is 1. The predicted octanol–water partition coefficient (Wildman–Crippen LogP) is 4.34. The number of hydrogen-bond acceptors (Lipinski definition) is 5. The molecule has 0 aliphatic heterocycles. The molecule has 0 unspecified atom stereocenters. The van der Waals surface area contributed by atoms with E-state index in [4.69, 9.17) is 5.26 Å². The van der Waals surface area contributed by atoms with E-state index in [-0.39, 0.29) is 17.5 Å². The molecule has 0 radical (unpaired) electrons. The lowest BCUT2D eigenvalue weighted by Crippen LogP contribution is -2.15. The molecule has 0 saturated carbocycles. The van der Waals surface area contributed by atoms with Crippen LogP contribution in [-0.4, -0.2) is 26.4 Å². The molecule has 0 fully saturated rings. The lowest BCUT2D eigenvalue weighted by molar-refractivity contribution is -0.113. The van der Waals surface area contributed by atoms with Crippen LogP contribution in [0.1, 0.15) is 19.4 Å². The number of thioether (sulfide) groups is 1. The normalized spacial score (nSPS) is 10.7. The summed E-state index contributed by atoms with van der Waals surface area (Å²) in [6.07, 6.45) is 0. The first-order valence-electron chi connectivity index (χ1n) is 9.09. The van der Waals surface area contributed by atoms with E-state index >= 15 is 0 Å². The highest BCUT2D eigenvalue weighted by Gasteiger charge is 2.18. The van der Waals surface area contributed by atoms with Gasteiger partial charge in [-0.25, -0.2) is 4.39 Å². The fourth-order valence-electron chi connectivity index (χ4n) is 2.72. The number of carbonyl (C=O) groups is 1. The highest BCUT2D eigenvalue weighted by Crippen LogP contribution is 2.27. The number of halogens is 1. The van der Waals surface area contributed by atoms with Gasteiger partial charge in [0.2, 0.25) is 5.91 Å². The third-order valence-electron chi connectivity index (χ3n) is 4.01. The minimum Gasteiger partial charge on any atom is -0.325 e. The molecule has 1 aromatic heterocycles. The Hall–Kier alpha value is -3.18. The molecule has 0 saturated heterocycles. The second kappa shape index (κ2) is 9.34. The maximum atomic E-state index is 14.2. The number of nitrogens with zero attached hydrogens (tertiary/aromatic N) is 4. The Kier molecular flexibility index (Phi) is 6.62. The second-order valence-electron chi connectivity index (χ2n) is 6.82. The van der Waals surface area contributed by atoms with Gasteiger partial charge in [-0.2, -0.15) is 5.26 Å². The number of aromatic nitrogens is 3. The van der Waals surface area contributed by atoms with Crippen LogP contribution in [0.2, 0.25) is 0 Å². The summed E-state index contributed by atoms with van der Waals surface area (Å²) >= 11 is 1.25. The zero-order chi connectivity index (χ0) is 20.8. The minimum atomic E-state index is -0.361. The van der Waals surface area contributed by atoms with Gasteiger partial charge in [0.1, 0.15) is 5.82 Å². The van der Waals surface area contributed by atoms with Crippen molar-refractivity contribution in [2.24, 2.45) is 5.92 Å². The average Bonchev–Trinajstić information content (AvgIpc) is 3.09. The Labute approximate surface area is 172 Å². The van der Waals surface area contributed by atoms with Gasteiger partial charge in [-0.3, -0.25) is 4.79 Å². The molecule has 2 aromatic carbocycles. The average molecular weight is 409 g/mol. The highest BCUT2D eigenvalue weighted by molar-refractivity contribution is 7.99. The molecule has 0 aliphatic carbocycles. The van der Waals surface area contributed by atoms with Gasteiger partial charge in [0, 0.05) is 12.2 Å². The van der Waals surface area contributed by atoms with E-state index in [0.29, 0.717) is 40.3 Å². The van der Waals surface area contributed by atoms with Gasteiger partial charge in [0.25, 0.3) is 0 Å². The Morgan fingerprint density at radius 3 is 2.59 bits per heavy atom. The summed E-state index contributed by atoms with van der Waals surface area (Å²) in [6.45, 7) is 4.71. The minimum absolute atomic E-state index is 0.132. The van der Waals surface area contributed by atoms with E-state index in [1.807, 2.05) is 10.6 Å². The SMILES string of the molecule is CC(C)Cn1c(SCC(=O)Nc2ccc(C#N)cc2)nnc1-c1ccccc1F. The smallest absolute Gasteiger partial charge is 0.234 e. The van der Waals surface area contributed by atoms with Crippen LogP contribution >= 0.6 is 11.8 Å². The van der Waals surface area contributed by atoms with E-state index in [9.17, 15) is 9.18 Å². The van der Waals surface area contributed by atoms with Crippen LogP contribution < -0.4 is 5.32 Å². The fourth-order valence-corrected chi connectivity index (χ4v) is 3.47. The van der Waals surface area contributed by atoms with E-state index in [2.05, 4.69) is 29.4 Å². The first-order chi connectivity index (χ1) is 14.0. The summed E-state index contributed by atoms with van der Waals surface area (Å²) in [6, 6.07) is 15.1. The molecule has 148 valence electrons. The summed E-state index contributed by atoms with van der Waals surface area (Å²) in [5.41, 5.74) is 1.53. The van der Waals surface area contributed by atoms with Gasteiger partial charge in [-0.15, -0.1) is 10.2 Å². The number of hydrogen-bond donors (Lipinski definition) is 1. The number of amides is 1. The van der Waals surface area contributed by atoms with Crippen molar-refractivity contribution in [3.63, 3.8) is 0 Å². The van der Waals surface area contributed by atoms with Crippen LogP contribution in [0.25, 0.3) is 11.4 Å². The molecule has 0 bridgehead atoms. The Balaban J connectivity index is 1.74. The lowest BCUT2D eigenvalue weighted by Gasteiger charge is -2.13. The van der Waals surface area contributed by atoms with Crippen molar-refractivity contribution in [2.45, 2.75) is 25.5 Å². The Morgan fingerprint density at radius 2 is 1.93 bits per heavy atom. The molecule has 1 heterocycles. The van der Waals surface area contributed by atoms with Gasteiger partial charge >= 0.3 is 0 Å². The molecule has 0 spiro atoms. The summed E-state index contributed by atoms with van der Waals surface area (Å²) in [5, 5.41) is 20.5. The number of anilines is 1. The predicted molar refractivity (Wildman–Crippen MR) is 111 cm³/mol. The first-order valence-corrected chi connectivity index (χ1v) is 10.1. The standard InChI is InChI=1S/C21H20FN5OS/c1-14(2)12-27-20(17-5-3-4-6-18(17)22)25-26-21(27)29-13-19(28)24-16-9-7-15(11-23)8-10-16/h3-10,14H,12-13H2,1-2H3,(H,24,28). The van der Waals surface area contributed by atoms with E-state index in [0.717, 1.165) is 0 Å². The quantitative estimate of drug-likeness (QED) is 0.587. The third-order valence-corrected chi connectivity index (χ3v) is 4.98. The van der Waals surface area contributed by atoms with Crippen molar-refractivity contribution < 1.29 is 9.18 Å². The highest BCUT2D eigenvalue weighted by atomic mass is 32.2. The number of carbonyl (C=O) groups excluding carboxylic acids is 1. The van der Waals surface area contributed by atoms with Gasteiger partial charge in [0.05, 0.1) is 22.9 Å². The maximum Gasteiger partial charge on any atom is 0.234 e. The number of rotatable bonds is 7. The van der Waals surface area contributed by atoms with Crippen LogP contribution in [0, 0.1) is 23.1 Å². The van der Waals surface area contributed by atoms with Gasteiger partial charge < -0.3 is 9.88 Å². The van der Waals surface area contributed by atoms with Crippen LogP contribution in [0.5, 0.6) is 0 Å². The molecule has 8 heteroatoms. The molecule has 0 atom stereocenters. The molecule has 0 aliphatic rings. The second-order valence-corrected chi connectivity index (χ2v) is 7.76. The summed E-state index contributed by atoms with van der Waals surface area (Å²) in [4.78, 5) is 12.3. The van der Waals surface area contributed by atoms with E-state index in [1.165, 1.54) is 17.8 Å². The van der Waals surface area contributed by atoms with Crippen LogP contribution in [0.4, 0.5) is 10.1 Å².